The maximum atomic E-state index is 11.0. The standard InChI is InChI=1S/C9H7Br2ClO2.C3H2O/c1-2-14-8-6(10)4-3-5(7(8)11)9(12)13;1-2-4-3-1/h3-4H,2H2,1H3;2H2. The number of benzene rings is 1. The fourth-order valence-electron chi connectivity index (χ4n) is 1.03. The van der Waals surface area contributed by atoms with Crippen molar-refractivity contribution < 1.29 is 14.3 Å². The van der Waals surface area contributed by atoms with Gasteiger partial charge >= 0.3 is 0 Å². The van der Waals surface area contributed by atoms with Gasteiger partial charge in [0.05, 0.1) is 21.1 Å². The average molecular weight is 396 g/mol. The van der Waals surface area contributed by atoms with Gasteiger partial charge in [-0.1, -0.05) is 0 Å². The van der Waals surface area contributed by atoms with Crippen LogP contribution >= 0.6 is 43.5 Å². The number of carbonyl (C=O) groups is 1. The van der Waals surface area contributed by atoms with Crippen molar-refractivity contribution in [3.8, 4) is 17.8 Å². The lowest BCUT2D eigenvalue weighted by Crippen LogP contribution is -1.98. The topological polar surface area (TPSA) is 35.5 Å². The number of ether oxygens (including phenoxy) is 2. The molecule has 2 rings (SSSR count). The Bertz CT molecular complexity index is 498. The maximum absolute atomic E-state index is 11.0. The van der Waals surface area contributed by atoms with E-state index >= 15 is 0 Å². The molecule has 1 aliphatic rings. The Kier molecular flexibility index (Phi) is 6.55. The van der Waals surface area contributed by atoms with Crippen LogP contribution in [0, 0.1) is 12.0 Å². The van der Waals surface area contributed by atoms with Gasteiger partial charge in [0, 0.05) is 0 Å². The van der Waals surface area contributed by atoms with Gasteiger partial charge in [-0.15, -0.1) is 0 Å². The van der Waals surface area contributed by atoms with Crippen LogP contribution in [-0.2, 0) is 4.74 Å². The van der Waals surface area contributed by atoms with Crippen molar-refractivity contribution in [2.24, 2.45) is 0 Å². The largest absolute Gasteiger partial charge is 0.491 e. The van der Waals surface area contributed by atoms with Crippen LogP contribution in [0.4, 0.5) is 0 Å². The summed E-state index contributed by atoms with van der Waals surface area (Å²) < 4.78 is 11.1. The van der Waals surface area contributed by atoms with Crippen molar-refractivity contribution in [1.82, 2.24) is 0 Å². The summed E-state index contributed by atoms with van der Waals surface area (Å²) in [4.78, 5) is 11.0. The van der Waals surface area contributed by atoms with Gasteiger partial charge in [0.2, 0.25) is 0 Å². The van der Waals surface area contributed by atoms with E-state index in [1.807, 2.05) is 6.92 Å². The second kappa shape index (κ2) is 7.67. The van der Waals surface area contributed by atoms with Crippen molar-refractivity contribution in [2.45, 2.75) is 6.92 Å². The molecule has 1 aliphatic heterocycles. The Hall–Kier alpha value is -0.700. The Morgan fingerprint density at radius 3 is 2.50 bits per heavy atom. The molecule has 0 bridgehead atoms. The summed E-state index contributed by atoms with van der Waals surface area (Å²) >= 11 is 12.0. The molecule has 0 N–H and O–H groups in total. The summed E-state index contributed by atoms with van der Waals surface area (Å²) in [5, 5.41) is -0.509. The smallest absolute Gasteiger partial charge is 0.253 e. The molecule has 1 aromatic carbocycles. The van der Waals surface area contributed by atoms with Crippen molar-refractivity contribution in [1.29, 1.82) is 0 Å². The SMILES string of the molecule is C1#COC1.CCOc1c(Br)ccc(C(=O)Cl)c1Br. The van der Waals surface area contributed by atoms with Gasteiger partial charge < -0.3 is 9.47 Å². The molecular formula is C12H9Br2ClO3. The Morgan fingerprint density at radius 2 is 2.11 bits per heavy atom. The third kappa shape index (κ3) is 4.20. The van der Waals surface area contributed by atoms with Gasteiger partial charge in [-0.2, -0.15) is 0 Å². The minimum Gasteiger partial charge on any atom is -0.491 e. The summed E-state index contributed by atoms with van der Waals surface area (Å²) in [6.07, 6.45) is 2.36. The van der Waals surface area contributed by atoms with E-state index in [9.17, 15) is 4.79 Å². The van der Waals surface area contributed by atoms with E-state index in [-0.39, 0.29) is 0 Å². The molecule has 0 atom stereocenters. The number of rotatable bonds is 3. The van der Waals surface area contributed by atoms with E-state index in [1.165, 1.54) is 0 Å². The van der Waals surface area contributed by atoms with E-state index < -0.39 is 5.24 Å². The number of hydrogen-bond acceptors (Lipinski definition) is 3. The number of carbonyl (C=O) groups excluding carboxylic acids is 1. The van der Waals surface area contributed by atoms with Crippen LogP contribution in [0.2, 0.25) is 0 Å². The van der Waals surface area contributed by atoms with Gasteiger partial charge in [-0.25, -0.2) is 0 Å². The summed E-state index contributed by atoms with van der Waals surface area (Å²) in [5.41, 5.74) is 0.401. The van der Waals surface area contributed by atoms with Gasteiger partial charge in [-0.3, -0.25) is 4.79 Å². The highest BCUT2D eigenvalue weighted by Crippen LogP contribution is 2.36. The zero-order chi connectivity index (χ0) is 13.5. The monoisotopic (exact) mass is 394 g/mol. The highest BCUT2D eigenvalue weighted by molar-refractivity contribution is 9.11. The lowest BCUT2D eigenvalue weighted by molar-refractivity contribution is 0.108. The van der Waals surface area contributed by atoms with Crippen molar-refractivity contribution in [3.05, 3.63) is 26.6 Å². The first-order valence-electron chi connectivity index (χ1n) is 4.98. The van der Waals surface area contributed by atoms with Crippen molar-refractivity contribution in [2.75, 3.05) is 13.2 Å². The van der Waals surface area contributed by atoms with Crippen molar-refractivity contribution >= 4 is 48.7 Å². The molecule has 1 aromatic rings. The van der Waals surface area contributed by atoms with Crippen LogP contribution in [0.3, 0.4) is 0 Å². The molecule has 0 saturated carbocycles. The van der Waals surface area contributed by atoms with E-state index in [4.69, 9.17) is 16.3 Å². The summed E-state index contributed by atoms with van der Waals surface area (Å²) in [5.74, 6) is 3.24. The normalized spacial score (nSPS) is 10.9. The van der Waals surface area contributed by atoms with Crippen LogP contribution < -0.4 is 4.74 Å². The zero-order valence-electron chi connectivity index (χ0n) is 9.43. The molecule has 0 aliphatic carbocycles. The molecule has 0 spiro atoms. The second-order valence-corrected chi connectivity index (χ2v) is 5.00. The summed E-state index contributed by atoms with van der Waals surface area (Å²) in [6.45, 7) is 3.03. The molecular weight excluding hydrogens is 387 g/mol. The fourth-order valence-corrected chi connectivity index (χ4v) is 2.66. The second-order valence-electron chi connectivity index (χ2n) is 3.01. The van der Waals surface area contributed by atoms with Crippen LogP contribution in [-0.4, -0.2) is 18.5 Å². The molecule has 0 amide bonds. The van der Waals surface area contributed by atoms with E-state index in [2.05, 4.69) is 48.6 Å². The predicted molar refractivity (Wildman–Crippen MR) is 76.9 cm³/mol. The van der Waals surface area contributed by atoms with E-state index in [0.717, 1.165) is 4.47 Å². The van der Waals surface area contributed by atoms with E-state index in [0.29, 0.717) is 29.0 Å². The molecule has 1 heterocycles. The quantitative estimate of drug-likeness (QED) is 0.573. The Morgan fingerprint density at radius 1 is 1.56 bits per heavy atom. The minimum absolute atomic E-state index is 0.401. The lowest BCUT2D eigenvalue weighted by atomic mass is 10.2. The zero-order valence-corrected chi connectivity index (χ0v) is 13.4. The number of hydrogen-bond donors (Lipinski definition) is 0. The third-order valence-corrected chi connectivity index (χ3v) is 3.45. The van der Waals surface area contributed by atoms with Crippen molar-refractivity contribution in [3.63, 3.8) is 0 Å². The first kappa shape index (κ1) is 15.4. The first-order chi connectivity index (χ1) is 8.57. The minimum atomic E-state index is -0.509. The molecule has 18 heavy (non-hydrogen) atoms. The fraction of sp³-hybridized carbons (Fsp3) is 0.250. The summed E-state index contributed by atoms with van der Waals surface area (Å²) in [7, 11) is 0. The van der Waals surface area contributed by atoms with Gasteiger partial charge in [-0.05, 0) is 68.4 Å². The number of halogens is 3. The van der Waals surface area contributed by atoms with Crippen LogP contribution in [0.25, 0.3) is 0 Å². The highest BCUT2D eigenvalue weighted by Gasteiger charge is 2.14. The predicted octanol–water partition coefficient (Wildman–Crippen LogP) is 3.97. The van der Waals surface area contributed by atoms with E-state index in [1.54, 1.807) is 12.1 Å². The Labute approximate surface area is 127 Å². The molecule has 0 saturated heterocycles. The van der Waals surface area contributed by atoms with Gasteiger partial charge in [0.1, 0.15) is 11.9 Å². The molecule has 96 valence electrons. The van der Waals surface area contributed by atoms with Gasteiger partial charge in [0.15, 0.2) is 6.61 Å². The van der Waals surface area contributed by atoms with Gasteiger partial charge in [0.25, 0.3) is 5.24 Å². The third-order valence-electron chi connectivity index (χ3n) is 1.84. The maximum Gasteiger partial charge on any atom is 0.253 e. The van der Waals surface area contributed by atoms with Crippen LogP contribution in [0.15, 0.2) is 21.1 Å². The molecule has 0 unspecified atom stereocenters. The van der Waals surface area contributed by atoms with Crippen LogP contribution in [0.1, 0.15) is 17.3 Å². The molecule has 6 heteroatoms. The highest BCUT2D eigenvalue weighted by atomic mass is 79.9. The van der Waals surface area contributed by atoms with Crippen LogP contribution in [0.5, 0.6) is 5.75 Å². The molecule has 0 radical (unpaired) electrons. The molecule has 0 fully saturated rings. The lowest BCUT2D eigenvalue weighted by Gasteiger charge is -2.09. The first-order valence-corrected chi connectivity index (χ1v) is 6.94. The molecule has 3 nitrogen and oxygen atoms in total. The average Bonchev–Trinajstić information content (AvgIpc) is 2.21. The molecule has 0 aromatic heterocycles. The Balaban J connectivity index is 0.000000341. The summed E-state index contributed by atoms with van der Waals surface area (Å²) in [6, 6.07) is 3.36.